The normalized spacial score (nSPS) is 24.8. The second-order valence-electron chi connectivity index (χ2n) is 9.54. The number of benzene rings is 1. The Hall–Kier alpha value is -2.43. The first-order valence-corrected chi connectivity index (χ1v) is 11.3. The van der Waals surface area contributed by atoms with E-state index in [1.807, 2.05) is 0 Å². The molecule has 0 aromatic heterocycles. The molecule has 1 amide bonds. The number of alkyl halides is 3. The van der Waals surface area contributed by atoms with Crippen LogP contribution in [0.25, 0.3) is 0 Å². The lowest BCUT2D eigenvalue weighted by Gasteiger charge is -2.29. The van der Waals surface area contributed by atoms with Gasteiger partial charge in [0.2, 0.25) is 0 Å². The minimum absolute atomic E-state index is 0.0213. The number of fused-ring (bicyclic) bond motifs is 1. The van der Waals surface area contributed by atoms with Crippen LogP contribution >= 0.6 is 12.2 Å². The first kappa shape index (κ1) is 26.2. The Bertz CT molecular complexity index is 946. The minimum Gasteiger partial charge on any atom is -0.464 e. The molecule has 4 atom stereocenters. The zero-order valence-corrected chi connectivity index (χ0v) is 20.1. The van der Waals surface area contributed by atoms with Crippen LogP contribution in [0.1, 0.15) is 47.0 Å². The summed E-state index contributed by atoms with van der Waals surface area (Å²) in [4.78, 5) is 26.5. The molecule has 1 unspecified atom stereocenters. The quantitative estimate of drug-likeness (QED) is 0.292. The van der Waals surface area contributed by atoms with E-state index in [-0.39, 0.29) is 30.2 Å². The summed E-state index contributed by atoms with van der Waals surface area (Å²) in [7, 11) is 0. The van der Waals surface area contributed by atoms with Crippen molar-refractivity contribution in [2.45, 2.75) is 70.8 Å². The molecule has 3 rings (SSSR count). The van der Waals surface area contributed by atoms with Crippen molar-refractivity contribution in [2.75, 3.05) is 6.61 Å². The van der Waals surface area contributed by atoms with Crippen molar-refractivity contribution in [2.24, 2.45) is 11.3 Å². The highest BCUT2D eigenvalue weighted by atomic mass is 32.1. The third kappa shape index (κ3) is 5.61. The fraction of sp³-hybridized carbons (Fsp3) is 0.609. The van der Waals surface area contributed by atoms with E-state index in [9.17, 15) is 27.2 Å². The molecule has 2 fully saturated rings. The summed E-state index contributed by atoms with van der Waals surface area (Å²) in [6, 6.07) is 2.70. The molecule has 188 valence electrons. The summed E-state index contributed by atoms with van der Waals surface area (Å²) in [5, 5.41) is -0.322. The van der Waals surface area contributed by atoms with E-state index in [0.717, 1.165) is 17.0 Å². The van der Waals surface area contributed by atoms with E-state index >= 15 is 0 Å². The molecular formula is C23H27F4NO5S. The molecule has 0 bridgehead atoms. The Morgan fingerprint density at radius 1 is 1.18 bits per heavy atom. The molecule has 1 aliphatic carbocycles. The summed E-state index contributed by atoms with van der Waals surface area (Å²) in [5.41, 5.74) is -2.31. The van der Waals surface area contributed by atoms with E-state index in [1.54, 1.807) is 27.7 Å². The van der Waals surface area contributed by atoms with Gasteiger partial charge in [0.1, 0.15) is 23.2 Å². The Morgan fingerprint density at radius 2 is 1.79 bits per heavy atom. The number of amides is 1. The van der Waals surface area contributed by atoms with Crippen molar-refractivity contribution in [3.63, 3.8) is 0 Å². The topological polar surface area (TPSA) is 65.1 Å². The second-order valence-corrected chi connectivity index (χ2v) is 9.99. The molecule has 1 aromatic rings. The fourth-order valence-electron chi connectivity index (χ4n) is 4.58. The molecule has 1 saturated heterocycles. The average molecular weight is 506 g/mol. The molecule has 11 heteroatoms. The first-order chi connectivity index (χ1) is 15.7. The van der Waals surface area contributed by atoms with Crippen molar-refractivity contribution >= 4 is 29.3 Å². The van der Waals surface area contributed by atoms with Gasteiger partial charge in [-0.05, 0) is 77.0 Å². The summed E-state index contributed by atoms with van der Waals surface area (Å²) < 4.78 is 71.6. The Balaban J connectivity index is 1.85. The molecule has 6 nitrogen and oxygen atoms in total. The number of nitrogens with zero attached hydrogens (tertiary/aromatic N) is 1. The molecule has 0 N–H and O–H groups in total. The predicted molar refractivity (Wildman–Crippen MR) is 118 cm³/mol. The van der Waals surface area contributed by atoms with Crippen LogP contribution in [0.3, 0.4) is 0 Å². The van der Waals surface area contributed by atoms with Gasteiger partial charge in [-0.15, -0.1) is 0 Å². The van der Waals surface area contributed by atoms with Crippen LogP contribution in [0.5, 0.6) is 5.75 Å². The molecule has 1 aliphatic heterocycles. The van der Waals surface area contributed by atoms with Gasteiger partial charge in [-0.1, -0.05) is 0 Å². The molecule has 1 aromatic carbocycles. The Kier molecular flexibility index (Phi) is 7.17. The number of esters is 1. The van der Waals surface area contributed by atoms with Crippen LogP contribution in [0.2, 0.25) is 0 Å². The number of carbonyl (C=O) groups excluding carboxylic acids is 2. The van der Waals surface area contributed by atoms with E-state index in [0.29, 0.717) is 0 Å². The van der Waals surface area contributed by atoms with Crippen molar-refractivity contribution < 1.29 is 41.4 Å². The molecule has 2 aliphatic rings. The van der Waals surface area contributed by atoms with Crippen molar-refractivity contribution in [3.05, 3.63) is 30.1 Å². The zero-order valence-electron chi connectivity index (χ0n) is 19.3. The minimum atomic E-state index is -4.67. The van der Waals surface area contributed by atoms with E-state index in [2.05, 4.69) is 0 Å². The summed E-state index contributed by atoms with van der Waals surface area (Å²) in [6.07, 6.45) is -6.36. The van der Waals surface area contributed by atoms with Crippen LogP contribution in [-0.4, -0.2) is 52.5 Å². The monoisotopic (exact) mass is 505 g/mol. The van der Waals surface area contributed by atoms with Gasteiger partial charge in [0.15, 0.2) is 5.05 Å². The second kappa shape index (κ2) is 9.31. The highest BCUT2D eigenvalue weighted by Crippen LogP contribution is 2.67. The molecule has 1 saturated carbocycles. The number of rotatable bonds is 6. The summed E-state index contributed by atoms with van der Waals surface area (Å²) >= 11 is 5.08. The van der Waals surface area contributed by atoms with Gasteiger partial charge in [-0.3, -0.25) is 4.90 Å². The van der Waals surface area contributed by atoms with Crippen LogP contribution in [0.15, 0.2) is 24.3 Å². The van der Waals surface area contributed by atoms with Gasteiger partial charge in [0.25, 0.3) is 0 Å². The van der Waals surface area contributed by atoms with E-state index < -0.39 is 59.5 Å². The smallest absolute Gasteiger partial charge is 0.411 e. The molecule has 1 heterocycles. The maximum absolute atomic E-state index is 14.3. The maximum atomic E-state index is 14.3. The van der Waals surface area contributed by atoms with E-state index in [4.69, 9.17) is 26.4 Å². The number of hydrogen-bond donors (Lipinski definition) is 0. The third-order valence-electron chi connectivity index (χ3n) is 5.99. The number of halogens is 4. The number of carbonyl (C=O) groups is 2. The van der Waals surface area contributed by atoms with Gasteiger partial charge in [0.05, 0.1) is 12.5 Å². The first-order valence-electron chi connectivity index (χ1n) is 10.9. The lowest BCUT2D eigenvalue weighted by molar-refractivity contribution is -0.192. The number of ether oxygens (including phenoxy) is 3. The number of hydrogen-bond acceptors (Lipinski definition) is 6. The van der Waals surface area contributed by atoms with Crippen LogP contribution in [0, 0.1) is 17.2 Å². The number of piperidine rings is 1. The van der Waals surface area contributed by atoms with Crippen LogP contribution in [0.4, 0.5) is 22.4 Å². The highest BCUT2D eigenvalue weighted by molar-refractivity contribution is 7.80. The van der Waals surface area contributed by atoms with Crippen molar-refractivity contribution in [3.8, 4) is 5.75 Å². The SMILES string of the molecule is CCOC(=O)[C@@H]1C[C@]2(C(CC(=S)Oc3ccc(F)cc3)C(F)(F)F)C[C@@H]2N1C(=O)OC(C)(C)C. The molecule has 0 spiro atoms. The fourth-order valence-corrected chi connectivity index (χ4v) is 4.84. The maximum Gasteiger partial charge on any atom is 0.411 e. The molecule has 0 radical (unpaired) electrons. The summed E-state index contributed by atoms with van der Waals surface area (Å²) in [5.74, 6) is -3.14. The number of likely N-dealkylation sites (tertiary alicyclic amines) is 1. The highest BCUT2D eigenvalue weighted by Gasteiger charge is 2.75. The Morgan fingerprint density at radius 3 is 2.32 bits per heavy atom. The van der Waals surface area contributed by atoms with Gasteiger partial charge in [-0.25, -0.2) is 14.0 Å². The standard InChI is InChI=1S/C23H27F4NO5S/c1-5-31-19(29)15-11-22(12-17(22)28(15)20(30)33-21(2,3)4)16(23(25,26)27)10-18(34)32-14-8-6-13(24)7-9-14/h6-9,15-17H,5,10-12H2,1-4H3/t15-,16?,17-,22+/m0/s1. The third-order valence-corrected chi connectivity index (χ3v) is 6.24. The van der Waals surface area contributed by atoms with Crippen LogP contribution in [-0.2, 0) is 14.3 Å². The van der Waals surface area contributed by atoms with E-state index in [1.165, 1.54) is 12.1 Å². The van der Waals surface area contributed by atoms with Gasteiger partial charge in [0, 0.05) is 17.9 Å². The predicted octanol–water partition coefficient (Wildman–Crippen LogP) is 5.43. The largest absolute Gasteiger partial charge is 0.464 e. The van der Waals surface area contributed by atoms with Crippen molar-refractivity contribution in [1.82, 2.24) is 4.90 Å². The van der Waals surface area contributed by atoms with Gasteiger partial charge in [-0.2, -0.15) is 13.2 Å². The molecular weight excluding hydrogens is 478 g/mol. The van der Waals surface area contributed by atoms with Crippen molar-refractivity contribution in [1.29, 1.82) is 0 Å². The lowest BCUT2D eigenvalue weighted by atomic mass is 9.82. The zero-order chi connectivity index (χ0) is 25.5. The lowest BCUT2D eigenvalue weighted by Crippen LogP contribution is -2.46. The van der Waals surface area contributed by atoms with Gasteiger partial charge < -0.3 is 14.2 Å². The molecule has 34 heavy (non-hydrogen) atoms. The van der Waals surface area contributed by atoms with Gasteiger partial charge >= 0.3 is 18.2 Å². The number of thiocarbonyl (C=S) groups is 1. The summed E-state index contributed by atoms with van der Waals surface area (Å²) in [6.45, 7) is 6.48. The average Bonchev–Trinajstić information content (AvgIpc) is 3.30. The van der Waals surface area contributed by atoms with Crippen LogP contribution < -0.4 is 4.74 Å². The Labute approximate surface area is 200 Å².